The summed E-state index contributed by atoms with van der Waals surface area (Å²) < 4.78 is 25.5. The van der Waals surface area contributed by atoms with E-state index in [9.17, 15) is 18.0 Å². The molecule has 1 aromatic rings. The molecular formula is C9H13N3O4S. The number of hydrogen-bond donors (Lipinski definition) is 2. The van der Waals surface area contributed by atoms with Crippen LogP contribution >= 0.6 is 0 Å². The van der Waals surface area contributed by atoms with E-state index >= 15 is 0 Å². The Balaban J connectivity index is 2.44. The molecule has 7 nitrogen and oxygen atoms in total. The predicted molar refractivity (Wildman–Crippen MR) is 60.3 cm³/mol. The Bertz CT molecular complexity index is 610. The normalized spacial score (nSPS) is 18.1. The third-order valence-electron chi connectivity index (χ3n) is 2.72. The third-order valence-corrected chi connectivity index (χ3v) is 4.62. The number of aromatic amines is 2. The van der Waals surface area contributed by atoms with Crippen molar-refractivity contribution < 1.29 is 8.42 Å². The minimum Gasteiger partial charge on any atom is -0.313 e. The van der Waals surface area contributed by atoms with Crippen molar-refractivity contribution in [1.82, 2.24) is 14.3 Å². The monoisotopic (exact) mass is 259 g/mol. The van der Waals surface area contributed by atoms with Crippen LogP contribution in [0.25, 0.3) is 0 Å². The van der Waals surface area contributed by atoms with Gasteiger partial charge in [-0.15, -0.1) is 0 Å². The Morgan fingerprint density at radius 2 is 1.76 bits per heavy atom. The predicted octanol–water partition coefficient (Wildman–Crippen LogP) is -0.762. The minimum atomic E-state index is -3.79. The number of aromatic nitrogens is 2. The number of sulfonamides is 1. The van der Waals surface area contributed by atoms with Crippen molar-refractivity contribution in [2.45, 2.75) is 24.2 Å². The summed E-state index contributed by atoms with van der Waals surface area (Å²) >= 11 is 0. The van der Waals surface area contributed by atoms with Crippen LogP contribution in [0.1, 0.15) is 19.3 Å². The quantitative estimate of drug-likeness (QED) is 0.728. The van der Waals surface area contributed by atoms with Crippen molar-refractivity contribution in [3.05, 3.63) is 27.0 Å². The lowest BCUT2D eigenvalue weighted by Gasteiger charge is -2.25. The Hall–Kier alpha value is -1.41. The Morgan fingerprint density at radius 3 is 2.35 bits per heavy atom. The van der Waals surface area contributed by atoms with E-state index < -0.39 is 26.2 Å². The van der Waals surface area contributed by atoms with E-state index in [1.807, 2.05) is 4.98 Å². The second-order valence-electron chi connectivity index (χ2n) is 3.90. The summed E-state index contributed by atoms with van der Waals surface area (Å²) in [6.45, 7) is 0.835. The molecule has 0 aliphatic carbocycles. The highest BCUT2D eigenvalue weighted by Crippen LogP contribution is 2.16. The smallest absolute Gasteiger partial charge is 0.313 e. The van der Waals surface area contributed by atoms with Crippen molar-refractivity contribution in [1.29, 1.82) is 0 Å². The molecule has 0 aromatic carbocycles. The molecule has 0 saturated carbocycles. The van der Waals surface area contributed by atoms with E-state index in [1.54, 1.807) is 0 Å². The molecule has 17 heavy (non-hydrogen) atoms. The molecule has 0 bridgehead atoms. The van der Waals surface area contributed by atoms with Crippen LogP contribution in [0.5, 0.6) is 0 Å². The summed E-state index contributed by atoms with van der Waals surface area (Å²) in [6, 6.07) is 0. The topological polar surface area (TPSA) is 103 Å². The van der Waals surface area contributed by atoms with Gasteiger partial charge in [0.2, 0.25) is 10.0 Å². The molecule has 1 saturated heterocycles. The summed E-state index contributed by atoms with van der Waals surface area (Å²) in [6.07, 6.45) is 3.53. The van der Waals surface area contributed by atoms with E-state index in [1.165, 1.54) is 4.31 Å². The molecule has 0 spiro atoms. The molecule has 1 aliphatic rings. The van der Waals surface area contributed by atoms with Gasteiger partial charge < -0.3 is 4.98 Å². The van der Waals surface area contributed by atoms with E-state index in [4.69, 9.17) is 0 Å². The Labute approximate surface area is 97.5 Å². The van der Waals surface area contributed by atoms with E-state index in [0.717, 1.165) is 25.5 Å². The molecule has 94 valence electrons. The van der Waals surface area contributed by atoms with Gasteiger partial charge in [0.25, 0.3) is 5.56 Å². The van der Waals surface area contributed by atoms with Crippen molar-refractivity contribution >= 4 is 10.0 Å². The zero-order valence-corrected chi connectivity index (χ0v) is 9.92. The van der Waals surface area contributed by atoms with Gasteiger partial charge in [-0.1, -0.05) is 6.42 Å². The summed E-state index contributed by atoms with van der Waals surface area (Å²) in [5.41, 5.74) is -1.59. The molecule has 0 atom stereocenters. The second-order valence-corrected chi connectivity index (χ2v) is 5.81. The molecule has 0 radical (unpaired) electrons. The summed E-state index contributed by atoms with van der Waals surface area (Å²) in [7, 11) is -3.79. The zero-order valence-electron chi connectivity index (χ0n) is 9.10. The molecule has 1 aromatic heterocycles. The van der Waals surface area contributed by atoms with Crippen LogP contribution in [0.15, 0.2) is 20.7 Å². The van der Waals surface area contributed by atoms with Crippen LogP contribution < -0.4 is 11.2 Å². The number of nitrogens with zero attached hydrogens (tertiary/aromatic N) is 1. The van der Waals surface area contributed by atoms with E-state index in [-0.39, 0.29) is 0 Å². The van der Waals surface area contributed by atoms with Gasteiger partial charge in [0.15, 0.2) is 4.90 Å². The van der Waals surface area contributed by atoms with Crippen LogP contribution in [0.2, 0.25) is 0 Å². The lowest BCUT2D eigenvalue weighted by Crippen LogP contribution is -2.39. The summed E-state index contributed by atoms with van der Waals surface area (Å²) in [5.74, 6) is 0. The summed E-state index contributed by atoms with van der Waals surface area (Å²) in [5, 5.41) is 0. The lowest BCUT2D eigenvalue weighted by molar-refractivity contribution is 0.346. The molecule has 0 unspecified atom stereocenters. The molecule has 1 fully saturated rings. The Morgan fingerprint density at radius 1 is 1.12 bits per heavy atom. The van der Waals surface area contributed by atoms with Crippen molar-refractivity contribution in [2.24, 2.45) is 0 Å². The van der Waals surface area contributed by atoms with Gasteiger partial charge in [0.1, 0.15) is 0 Å². The number of nitrogens with one attached hydrogen (secondary N) is 2. The number of hydrogen-bond acceptors (Lipinski definition) is 4. The highest BCUT2D eigenvalue weighted by atomic mass is 32.2. The molecule has 2 heterocycles. The fraction of sp³-hybridized carbons (Fsp3) is 0.556. The maximum absolute atomic E-state index is 12.1. The largest absolute Gasteiger partial charge is 0.325 e. The van der Waals surface area contributed by atoms with Crippen LogP contribution in [-0.2, 0) is 10.0 Å². The van der Waals surface area contributed by atoms with E-state index in [0.29, 0.717) is 13.1 Å². The second kappa shape index (κ2) is 4.46. The SMILES string of the molecule is O=c1[nH]cc(S(=O)(=O)N2CCCCC2)c(=O)[nH]1. The number of rotatable bonds is 2. The molecule has 2 rings (SSSR count). The fourth-order valence-electron chi connectivity index (χ4n) is 1.83. The van der Waals surface area contributed by atoms with E-state index in [2.05, 4.69) is 4.98 Å². The first-order valence-corrected chi connectivity index (χ1v) is 6.78. The molecule has 2 N–H and O–H groups in total. The molecular weight excluding hydrogens is 246 g/mol. The molecule has 8 heteroatoms. The van der Waals surface area contributed by atoms with Crippen molar-refractivity contribution in [3.63, 3.8) is 0 Å². The van der Waals surface area contributed by atoms with Crippen LogP contribution in [-0.4, -0.2) is 35.8 Å². The van der Waals surface area contributed by atoms with Crippen LogP contribution in [0.3, 0.4) is 0 Å². The van der Waals surface area contributed by atoms with Crippen molar-refractivity contribution in [3.8, 4) is 0 Å². The first-order chi connectivity index (χ1) is 8.01. The van der Waals surface area contributed by atoms with Crippen LogP contribution in [0.4, 0.5) is 0 Å². The van der Waals surface area contributed by atoms with Gasteiger partial charge in [0, 0.05) is 19.3 Å². The highest BCUT2D eigenvalue weighted by Gasteiger charge is 2.28. The minimum absolute atomic E-state index is 0.404. The average Bonchev–Trinajstić information content (AvgIpc) is 2.29. The van der Waals surface area contributed by atoms with Crippen LogP contribution in [0, 0.1) is 0 Å². The van der Waals surface area contributed by atoms with Gasteiger partial charge in [-0.25, -0.2) is 13.2 Å². The lowest BCUT2D eigenvalue weighted by atomic mass is 10.2. The molecule has 0 amide bonds. The van der Waals surface area contributed by atoms with Gasteiger partial charge in [-0.3, -0.25) is 9.78 Å². The maximum atomic E-state index is 12.1. The molecule has 1 aliphatic heterocycles. The average molecular weight is 259 g/mol. The van der Waals surface area contributed by atoms with Gasteiger partial charge in [-0.05, 0) is 12.8 Å². The van der Waals surface area contributed by atoms with Crippen molar-refractivity contribution in [2.75, 3.05) is 13.1 Å². The van der Waals surface area contributed by atoms with Gasteiger partial charge in [0.05, 0.1) is 0 Å². The number of H-pyrrole nitrogens is 2. The fourth-order valence-corrected chi connectivity index (χ4v) is 3.34. The van der Waals surface area contributed by atoms with Gasteiger partial charge >= 0.3 is 5.69 Å². The zero-order chi connectivity index (χ0) is 12.5. The van der Waals surface area contributed by atoms with Gasteiger partial charge in [-0.2, -0.15) is 4.31 Å². The Kier molecular flexibility index (Phi) is 3.16. The third kappa shape index (κ3) is 2.32. The standard InChI is InChI=1S/C9H13N3O4S/c13-8-7(6-10-9(14)11-8)17(15,16)12-4-2-1-3-5-12/h6H,1-5H2,(H2,10,11,13,14). The highest BCUT2D eigenvalue weighted by molar-refractivity contribution is 7.89. The summed E-state index contributed by atoms with van der Waals surface area (Å²) in [4.78, 5) is 26.0. The maximum Gasteiger partial charge on any atom is 0.325 e. The number of piperidine rings is 1. The first kappa shape index (κ1) is 12.1. The first-order valence-electron chi connectivity index (χ1n) is 5.34.